The van der Waals surface area contributed by atoms with Gasteiger partial charge in [0.15, 0.2) is 5.13 Å². The lowest BCUT2D eigenvalue weighted by atomic mass is 9.79. The predicted octanol–water partition coefficient (Wildman–Crippen LogP) is 4.26. The molecule has 1 aliphatic carbocycles. The van der Waals surface area contributed by atoms with Crippen molar-refractivity contribution in [1.29, 1.82) is 0 Å². The molecular weight excluding hydrogens is 336 g/mol. The molecule has 1 saturated carbocycles. The highest BCUT2D eigenvalue weighted by Crippen LogP contribution is 2.33. The average Bonchev–Trinajstić information content (AvgIpc) is 3.02. The third kappa shape index (κ3) is 3.90. The van der Waals surface area contributed by atoms with E-state index in [1.54, 1.807) is 0 Å². The fraction of sp³-hybridized carbons (Fsp3) is 0.421. The quantitative estimate of drug-likeness (QED) is 0.856. The molecule has 5 nitrogen and oxygen atoms in total. The molecule has 1 fully saturated rings. The van der Waals surface area contributed by atoms with E-state index in [1.807, 2.05) is 31.4 Å². The van der Waals surface area contributed by atoms with Crippen LogP contribution in [0.2, 0.25) is 0 Å². The summed E-state index contributed by atoms with van der Waals surface area (Å²) in [6.07, 6.45) is 2.96. The SMILES string of the molecule is Cc1ccc(-c2csc(NC(=O)[C@H]3CCCC[C@@H]3C(=O)O)n2)c(C)c1. The van der Waals surface area contributed by atoms with Crippen LogP contribution in [-0.4, -0.2) is 22.0 Å². The van der Waals surface area contributed by atoms with Crippen molar-refractivity contribution in [2.24, 2.45) is 11.8 Å². The van der Waals surface area contributed by atoms with E-state index in [4.69, 9.17) is 0 Å². The first-order chi connectivity index (χ1) is 12.0. The third-order valence-electron chi connectivity index (χ3n) is 4.81. The molecular formula is C19H22N2O3S. The van der Waals surface area contributed by atoms with Gasteiger partial charge in [-0.05, 0) is 32.3 Å². The lowest BCUT2D eigenvalue weighted by molar-refractivity contribution is -0.147. The number of thiazole rings is 1. The molecule has 0 aliphatic heterocycles. The van der Waals surface area contributed by atoms with Gasteiger partial charge in [-0.15, -0.1) is 11.3 Å². The lowest BCUT2D eigenvalue weighted by Gasteiger charge is -2.26. The number of hydrogen-bond donors (Lipinski definition) is 2. The van der Waals surface area contributed by atoms with Crippen LogP contribution < -0.4 is 5.32 Å². The smallest absolute Gasteiger partial charge is 0.307 e. The number of carboxylic acids is 1. The second-order valence-electron chi connectivity index (χ2n) is 6.68. The van der Waals surface area contributed by atoms with Gasteiger partial charge < -0.3 is 10.4 Å². The number of benzene rings is 1. The summed E-state index contributed by atoms with van der Waals surface area (Å²) >= 11 is 1.37. The molecule has 0 unspecified atom stereocenters. The summed E-state index contributed by atoms with van der Waals surface area (Å²) < 4.78 is 0. The number of nitrogens with one attached hydrogen (secondary N) is 1. The fourth-order valence-corrected chi connectivity index (χ4v) is 4.21. The maximum absolute atomic E-state index is 12.5. The summed E-state index contributed by atoms with van der Waals surface area (Å²) in [5.74, 6) is -2.17. The summed E-state index contributed by atoms with van der Waals surface area (Å²) in [5, 5.41) is 14.6. The van der Waals surface area contributed by atoms with Crippen LogP contribution in [0.1, 0.15) is 36.8 Å². The molecule has 2 N–H and O–H groups in total. The van der Waals surface area contributed by atoms with Crippen LogP contribution in [0.15, 0.2) is 23.6 Å². The second-order valence-corrected chi connectivity index (χ2v) is 7.54. The first-order valence-electron chi connectivity index (χ1n) is 8.52. The molecule has 0 bridgehead atoms. The molecule has 1 aromatic carbocycles. The first kappa shape index (κ1) is 17.6. The average molecular weight is 358 g/mol. The Morgan fingerprint density at radius 3 is 2.60 bits per heavy atom. The van der Waals surface area contributed by atoms with Gasteiger partial charge in [-0.25, -0.2) is 4.98 Å². The maximum atomic E-state index is 12.5. The fourth-order valence-electron chi connectivity index (χ4n) is 3.49. The van der Waals surface area contributed by atoms with Gasteiger partial charge in [0.2, 0.25) is 5.91 Å². The van der Waals surface area contributed by atoms with Crippen molar-refractivity contribution in [3.63, 3.8) is 0 Å². The van der Waals surface area contributed by atoms with Crippen molar-refractivity contribution in [1.82, 2.24) is 4.98 Å². The minimum Gasteiger partial charge on any atom is -0.481 e. The van der Waals surface area contributed by atoms with Crippen molar-refractivity contribution in [2.75, 3.05) is 5.32 Å². The molecule has 6 heteroatoms. The van der Waals surface area contributed by atoms with Gasteiger partial charge in [0.1, 0.15) is 0 Å². The Morgan fingerprint density at radius 2 is 1.92 bits per heavy atom. The van der Waals surface area contributed by atoms with Crippen molar-refractivity contribution in [2.45, 2.75) is 39.5 Å². The molecule has 1 heterocycles. The highest BCUT2D eigenvalue weighted by Gasteiger charge is 2.35. The van der Waals surface area contributed by atoms with Crippen LogP contribution in [-0.2, 0) is 9.59 Å². The number of aryl methyl sites for hydroxylation is 2. The number of carboxylic acid groups (broad SMARTS) is 1. The Labute approximate surface area is 151 Å². The topological polar surface area (TPSA) is 79.3 Å². The number of hydrogen-bond acceptors (Lipinski definition) is 4. The number of aliphatic carboxylic acids is 1. The van der Waals surface area contributed by atoms with E-state index in [9.17, 15) is 14.7 Å². The number of rotatable bonds is 4. The minimum absolute atomic E-state index is 0.228. The van der Waals surface area contributed by atoms with Crippen LogP contribution in [0.4, 0.5) is 5.13 Å². The Balaban J connectivity index is 1.74. The first-order valence-corrected chi connectivity index (χ1v) is 9.40. The van der Waals surface area contributed by atoms with E-state index in [-0.39, 0.29) is 5.91 Å². The molecule has 132 valence electrons. The molecule has 3 rings (SSSR count). The number of aromatic nitrogens is 1. The van der Waals surface area contributed by atoms with Crippen LogP contribution in [0.25, 0.3) is 11.3 Å². The zero-order valence-corrected chi connectivity index (χ0v) is 15.2. The molecule has 0 spiro atoms. The highest BCUT2D eigenvalue weighted by atomic mass is 32.1. The Hall–Kier alpha value is -2.21. The molecule has 0 radical (unpaired) electrons. The Kier molecular flexibility index (Phi) is 5.18. The molecule has 2 aromatic rings. The molecule has 2 atom stereocenters. The molecule has 0 saturated heterocycles. The maximum Gasteiger partial charge on any atom is 0.307 e. The predicted molar refractivity (Wildman–Crippen MR) is 98.7 cm³/mol. The van der Waals surface area contributed by atoms with Crippen LogP contribution in [0.5, 0.6) is 0 Å². The number of amides is 1. The summed E-state index contributed by atoms with van der Waals surface area (Å²) in [7, 11) is 0. The summed E-state index contributed by atoms with van der Waals surface area (Å²) in [6, 6.07) is 6.18. The van der Waals surface area contributed by atoms with E-state index in [0.717, 1.165) is 29.7 Å². The van der Waals surface area contributed by atoms with Crippen molar-refractivity contribution < 1.29 is 14.7 Å². The van der Waals surface area contributed by atoms with Gasteiger partial charge >= 0.3 is 5.97 Å². The van der Waals surface area contributed by atoms with Gasteiger partial charge in [0.05, 0.1) is 17.5 Å². The van der Waals surface area contributed by atoms with E-state index < -0.39 is 17.8 Å². The van der Waals surface area contributed by atoms with Crippen LogP contribution in [0.3, 0.4) is 0 Å². The third-order valence-corrected chi connectivity index (χ3v) is 5.57. The number of nitrogens with zero attached hydrogens (tertiary/aromatic N) is 1. The normalized spacial score (nSPS) is 20.2. The summed E-state index contributed by atoms with van der Waals surface area (Å²) in [6.45, 7) is 4.09. The number of carbonyl (C=O) groups is 2. The number of anilines is 1. The Morgan fingerprint density at radius 1 is 1.20 bits per heavy atom. The Bertz CT molecular complexity index is 800. The molecule has 1 aliphatic rings. The van der Waals surface area contributed by atoms with E-state index in [2.05, 4.69) is 16.4 Å². The number of carbonyl (C=O) groups excluding carboxylic acids is 1. The van der Waals surface area contributed by atoms with Crippen LogP contribution in [0, 0.1) is 25.7 Å². The van der Waals surface area contributed by atoms with Crippen molar-refractivity contribution in [3.05, 3.63) is 34.7 Å². The highest BCUT2D eigenvalue weighted by molar-refractivity contribution is 7.14. The largest absolute Gasteiger partial charge is 0.481 e. The van der Waals surface area contributed by atoms with Gasteiger partial charge in [-0.2, -0.15) is 0 Å². The molecule has 1 amide bonds. The van der Waals surface area contributed by atoms with Crippen molar-refractivity contribution >= 4 is 28.3 Å². The van der Waals surface area contributed by atoms with Gasteiger partial charge in [0, 0.05) is 10.9 Å². The zero-order valence-electron chi connectivity index (χ0n) is 14.4. The standard InChI is InChI=1S/C19H22N2O3S/c1-11-7-8-13(12(2)9-11)16-10-25-19(20-16)21-17(22)14-5-3-4-6-15(14)18(23)24/h7-10,14-15H,3-6H2,1-2H3,(H,23,24)(H,20,21,22)/t14-,15-/m0/s1. The summed E-state index contributed by atoms with van der Waals surface area (Å²) in [5.41, 5.74) is 4.21. The van der Waals surface area contributed by atoms with Crippen molar-refractivity contribution in [3.8, 4) is 11.3 Å². The summed E-state index contributed by atoms with van der Waals surface area (Å²) in [4.78, 5) is 28.4. The van der Waals surface area contributed by atoms with E-state index >= 15 is 0 Å². The molecule has 25 heavy (non-hydrogen) atoms. The van der Waals surface area contributed by atoms with Crippen LogP contribution >= 0.6 is 11.3 Å². The minimum atomic E-state index is -0.880. The lowest BCUT2D eigenvalue weighted by Crippen LogP contribution is -2.36. The second kappa shape index (κ2) is 7.35. The molecule has 1 aromatic heterocycles. The zero-order chi connectivity index (χ0) is 18.0. The van der Waals surface area contributed by atoms with Gasteiger partial charge in [-0.3, -0.25) is 9.59 Å². The van der Waals surface area contributed by atoms with Gasteiger partial charge in [0.25, 0.3) is 0 Å². The van der Waals surface area contributed by atoms with E-state index in [1.165, 1.54) is 16.9 Å². The monoisotopic (exact) mass is 358 g/mol. The van der Waals surface area contributed by atoms with Gasteiger partial charge in [-0.1, -0.05) is 36.6 Å². The van der Waals surface area contributed by atoms with E-state index in [0.29, 0.717) is 18.0 Å².